The molecular weight excluding hydrogens is 328 g/mol. The molecule has 1 nitrogen and oxygen atoms in total. The third-order valence-corrected chi connectivity index (χ3v) is 16.1. The monoisotopic (exact) mass is 342 g/mol. The van der Waals surface area contributed by atoms with Crippen molar-refractivity contribution >= 4 is 15.8 Å². The van der Waals surface area contributed by atoms with Crippen molar-refractivity contribution in [3.63, 3.8) is 0 Å². The van der Waals surface area contributed by atoms with Crippen LogP contribution in [0.5, 0.6) is 0 Å². The van der Waals surface area contributed by atoms with Gasteiger partial charge in [0.1, 0.15) is 0 Å². The van der Waals surface area contributed by atoms with Crippen LogP contribution >= 0.6 is 15.8 Å². The van der Waals surface area contributed by atoms with Crippen LogP contribution in [0.4, 0.5) is 0 Å². The molecule has 0 fully saturated rings. The summed E-state index contributed by atoms with van der Waals surface area (Å²) < 4.78 is 6.63. The Labute approximate surface area is 65.8 Å². The number of hydrogen-bond donors (Lipinski definition) is 1. The van der Waals surface area contributed by atoms with Gasteiger partial charge in [0.2, 0.25) is 0 Å². The van der Waals surface area contributed by atoms with E-state index in [4.69, 9.17) is 3.95 Å². The number of rotatable bonds is 3. The van der Waals surface area contributed by atoms with Gasteiger partial charge < -0.3 is 0 Å². The fourth-order valence-electron chi connectivity index (χ4n) is 0.294. The minimum absolute atomic E-state index is 0.155. The van der Waals surface area contributed by atoms with Crippen LogP contribution in [0, 0.1) is 0 Å². The van der Waals surface area contributed by atoms with E-state index in [2.05, 4.69) is 18.8 Å². The molecule has 0 aliphatic rings. The van der Waals surface area contributed by atoms with E-state index in [-0.39, 0.29) is 17.5 Å². The van der Waals surface area contributed by atoms with E-state index in [1.165, 1.54) is 6.42 Å². The molecule has 0 aliphatic heterocycles. The first-order valence-electron chi connectivity index (χ1n) is 2.65. The van der Waals surface area contributed by atoms with Gasteiger partial charge in [0.25, 0.3) is 0 Å². The molecule has 0 saturated heterocycles. The Hall–Kier alpha value is 1.42. The summed E-state index contributed by atoms with van der Waals surface area (Å²) in [5.74, 6) is 0. The van der Waals surface area contributed by atoms with Crippen molar-refractivity contribution in [1.29, 1.82) is 0 Å². The van der Waals surface area contributed by atoms with Gasteiger partial charge in [-0.2, -0.15) is 0 Å². The molecule has 3 heteroatoms. The van der Waals surface area contributed by atoms with Gasteiger partial charge in [-0.15, -0.1) is 0 Å². The van der Waals surface area contributed by atoms with Crippen molar-refractivity contribution < 1.29 is 17.5 Å². The summed E-state index contributed by atoms with van der Waals surface area (Å²) in [6, 6.07) is 0. The fourth-order valence-corrected chi connectivity index (χ4v) is 7.32. The maximum atomic E-state index is 5.63. The second-order valence-electron chi connectivity index (χ2n) is 1.72. The van der Waals surface area contributed by atoms with E-state index < -0.39 is 15.8 Å². The van der Waals surface area contributed by atoms with Crippen LogP contribution in [0.25, 0.3) is 0 Å². The number of nitrogens with two attached hydrogens (primary N) is 1. The predicted octanol–water partition coefficient (Wildman–Crippen LogP) is -1.20. The molecule has 0 amide bonds. The summed E-state index contributed by atoms with van der Waals surface area (Å²) in [4.78, 5) is 2.41. The van der Waals surface area contributed by atoms with Crippen LogP contribution < -0.4 is 21.5 Å². The van der Waals surface area contributed by atoms with Gasteiger partial charge in [0.05, 0.1) is 0 Å². The van der Waals surface area contributed by atoms with Crippen LogP contribution in [-0.2, 0) is 0 Å². The van der Waals surface area contributed by atoms with Crippen molar-refractivity contribution in [3.8, 4) is 0 Å². The predicted molar refractivity (Wildman–Crippen MR) is 43.9 cm³/mol. The van der Waals surface area contributed by atoms with Gasteiger partial charge in [-0.25, -0.2) is 0 Å². The van der Waals surface area contributed by atoms with Crippen molar-refractivity contribution in [2.45, 2.75) is 24.2 Å². The molecule has 0 spiro atoms. The standard InChI is InChI=1S/C5H14I2N/c1-4-5(2)7(3)6-8/h5H,4,8H2,1-3H3/q-1. The molecular formula is C5H14I2N-. The topological polar surface area (TPSA) is 26.0 Å². The molecule has 0 rings (SSSR count). The van der Waals surface area contributed by atoms with E-state index in [1.807, 2.05) is 0 Å². The molecule has 0 aliphatic carbocycles. The maximum absolute atomic E-state index is 5.63. The van der Waals surface area contributed by atoms with Gasteiger partial charge in [-0.1, -0.05) is 0 Å². The number of halogens is 2. The van der Waals surface area contributed by atoms with E-state index in [0.717, 1.165) is 3.92 Å². The molecule has 0 bridgehead atoms. The van der Waals surface area contributed by atoms with Crippen LogP contribution in [0.15, 0.2) is 0 Å². The first-order valence-corrected chi connectivity index (χ1v) is 13.6. The quantitative estimate of drug-likeness (QED) is 0.389. The van der Waals surface area contributed by atoms with E-state index in [1.54, 1.807) is 0 Å². The third-order valence-electron chi connectivity index (χ3n) is 1.21. The first kappa shape index (κ1) is 9.42. The Morgan fingerprint density at radius 2 is 2.25 bits per heavy atom. The van der Waals surface area contributed by atoms with Crippen LogP contribution in [-0.4, -0.2) is 8.86 Å². The molecule has 0 saturated carbocycles. The van der Waals surface area contributed by atoms with Crippen LogP contribution in [0.1, 0.15) is 20.3 Å². The Morgan fingerprint density at radius 1 is 1.75 bits per heavy atom. The number of hydrogen-bond acceptors (Lipinski definition) is 1. The average molecular weight is 342 g/mol. The minimum atomic E-state index is -0.540. The average Bonchev–Trinajstić information content (AvgIpc) is 1.84. The van der Waals surface area contributed by atoms with Gasteiger partial charge in [-0.3, -0.25) is 0 Å². The Morgan fingerprint density at radius 3 is 2.38 bits per heavy atom. The van der Waals surface area contributed by atoms with Gasteiger partial charge in [0, 0.05) is 0 Å². The zero-order chi connectivity index (χ0) is 6.57. The zero-order valence-corrected chi connectivity index (χ0v) is 9.93. The SMILES string of the molecule is CCC(C)I(C)[I-]N. The number of alkyl halides is 2. The molecule has 1 atom stereocenters. The summed E-state index contributed by atoms with van der Waals surface area (Å²) in [5, 5.41) is 0. The molecule has 0 aromatic carbocycles. The molecule has 8 heavy (non-hydrogen) atoms. The second kappa shape index (κ2) is 5.22. The van der Waals surface area contributed by atoms with E-state index in [9.17, 15) is 0 Å². The van der Waals surface area contributed by atoms with E-state index >= 15 is 0 Å². The fraction of sp³-hybridized carbons (Fsp3) is 1.00. The normalized spacial score (nSPS) is 16.2. The summed E-state index contributed by atoms with van der Waals surface area (Å²) >= 11 is -0.386. The molecule has 1 unspecified atom stereocenters. The Balaban J connectivity index is 3.29. The van der Waals surface area contributed by atoms with Gasteiger partial charge in [-0.05, 0) is 0 Å². The Bertz CT molecular complexity index is 50.4. The molecule has 0 radical (unpaired) electrons. The zero-order valence-electron chi connectivity index (χ0n) is 5.62. The van der Waals surface area contributed by atoms with Crippen LogP contribution in [0.3, 0.4) is 0 Å². The summed E-state index contributed by atoms with van der Waals surface area (Å²) in [6.07, 6.45) is 1.35. The molecule has 0 aromatic heterocycles. The van der Waals surface area contributed by atoms with Gasteiger partial charge >= 0.3 is 66.4 Å². The van der Waals surface area contributed by atoms with E-state index in [0.29, 0.717) is 0 Å². The van der Waals surface area contributed by atoms with Crippen molar-refractivity contribution in [2.24, 2.45) is 3.95 Å². The van der Waals surface area contributed by atoms with Crippen molar-refractivity contribution in [1.82, 2.24) is 0 Å². The summed E-state index contributed by atoms with van der Waals surface area (Å²) in [7, 11) is 0. The van der Waals surface area contributed by atoms with Gasteiger partial charge in [0.15, 0.2) is 0 Å². The third kappa shape index (κ3) is 3.45. The second-order valence-corrected chi connectivity index (χ2v) is 18.6. The first-order chi connectivity index (χ1) is 3.72. The summed E-state index contributed by atoms with van der Waals surface area (Å²) in [6.45, 7) is 4.61. The van der Waals surface area contributed by atoms with Crippen molar-refractivity contribution in [2.75, 3.05) is 4.93 Å². The molecule has 0 aromatic rings. The molecule has 2 N–H and O–H groups in total. The molecule has 54 valence electrons. The van der Waals surface area contributed by atoms with Crippen molar-refractivity contribution in [3.05, 3.63) is 0 Å². The summed E-state index contributed by atoms with van der Waals surface area (Å²) in [5.41, 5.74) is 0. The Kier molecular flexibility index (Phi) is 6.15. The van der Waals surface area contributed by atoms with Crippen LogP contribution in [0.2, 0.25) is 0 Å². The molecule has 0 heterocycles.